The Bertz CT molecular complexity index is 824. The predicted octanol–water partition coefficient (Wildman–Crippen LogP) is 6.06. The van der Waals surface area contributed by atoms with Crippen LogP contribution in [0.2, 0.25) is 0 Å². The summed E-state index contributed by atoms with van der Waals surface area (Å²) in [5.41, 5.74) is -1.58. The van der Waals surface area contributed by atoms with Crippen LogP contribution in [0.25, 0.3) is 0 Å². The van der Waals surface area contributed by atoms with Gasteiger partial charge < -0.3 is 9.47 Å². The Labute approximate surface area is 174 Å². The molecular weight excluding hydrogens is 364 g/mol. The Morgan fingerprint density at radius 1 is 0.690 bits per heavy atom. The highest BCUT2D eigenvalue weighted by Crippen LogP contribution is 2.49. The van der Waals surface area contributed by atoms with E-state index in [0.717, 1.165) is 6.42 Å². The van der Waals surface area contributed by atoms with Crippen LogP contribution < -0.4 is 0 Å². The Morgan fingerprint density at radius 2 is 1.10 bits per heavy atom. The molecule has 0 N–H and O–H groups in total. The SMILES string of the molecule is CCC(C)(C)C(CC)(OC(=O)c1ccccc1)C(C)(C)OC(=O)c1ccccc1. The maximum absolute atomic E-state index is 13.0. The predicted molar refractivity (Wildman–Crippen MR) is 115 cm³/mol. The zero-order chi connectivity index (χ0) is 21.7. The molecule has 0 saturated carbocycles. The maximum atomic E-state index is 13.0. The summed E-state index contributed by atoms with van der Waals surface area (Å²) in [6, 6.07) is 17.8. The average molecular weight is 397 g/mol. The van der Waals surface area contributed by atoms with E-state index in [9.17, 15) is 9.59 Å². The van der Waals surface area contributed by atoms with Crippen molar-refractivity contribution in [3.05, 3.63) is 71.8 Å². The van der Waals surface area contributed by atoms with Crippen molar-refractivity contribution < 1.29 is 19.1 Å². The van der Waals surface area contributed by atoms with Crippen molar-refractivity contribution in [3.8, 4) is 0 Å². The van der Waals surface area contributed by atoms with Gasteiger partial charge in [0, 0.05) is 5.41 Å². The molecule has 29 heavy (non-hydrogen) atoms. The van der Waals surface area contributed by atoms with Gasteiger partial charge in [0.15, 0.2) is 5.60 Å². The summed E-state index contributed by atoms with van der Waals surface area (Å²) in [6.07, 6.45) is 1.25. The summed E-state index contributed by atoms with van der Waals surface area (Å²) < 4.78 is 12.2. The second kappa shape index (κ2) is 8.81. The molecule has 1 unspecified atom stereocenters. The molecule has 4 nitrogen and oxygen atoms in total. The van der Waals surface area contributed by atoms with Crippen molar-refractivity contribution in [1.82, 2.24) is 0 Å². The van der Waals surface area contributed by atoms with Crippen LogP contribution in [0.15, 0.2) is 60.7 Å². The lowest BCUT2D eigenvalue weighted by molar-refractivity contribution is -0.197. The molecule has 1 atom stereocenters. The number of esters is 2. The lowest BCUT2D eigenvalue weighted by Crippen LogP contribution is -2.63. The molecule has 156 valence electrons. The summed E-state index contributed by atoms with van der Waals surface area (Å²) in [6.45, 7) is 11.8. The van der Waals surface area contributed by atoms with Crippen LogP contribution in [0, 0.1) is 5.41 Å². The molecule has 0 aliphatic carbocycles. The molecule has 0 radical (unpaired) electrons. The zero-order valence-corrected chi connectivity index (χ0v) is 18.3. The van der Waals surface area contributed by atoms with Gasteiger partial charge in [-0.25, -0.2) is 9.59 Å². The normalized spacial score (nSPS) is 14.0. The molecule has 2 rings (SSSR count). The lowest BCUT2D eigenvalue weighted by Gasteiger charge is -2.53. The first-order valence-electron chi connectivity index (χ1n) is 10.2. The van der Waals surface area contributed by atoms with Gasteiger partial charge in [0.2, 0.25) is 0 Å². The van der Waals surface area contributed by atoms with Crippen molar-refractivity contribution in [2.24, 2.45) is 5.41 Å². The van der Waals surface area contributed by atoms with Crippen LogP contribution in [0.3, 0.4) is 0 Å². The van der Waals surface area contributed by atoms with E-state index in [4.69, 9.17) is 9.47 Å². The van der Waals surface area contributed by atoms with Crippen LogP contribution in [0.1, 0.15) is 75.1 Å². The highest BCUT2D eigenvalue weighted by Gasteiger charge is 2.58. The standard InChI is InChI=1S/C25H32O4/c1-7-23(3,4)25(8-2,29-22(27)20-17-13-10-14-18-20)24(5,6)28-21(26)19-15-11-9-12-16-19/h9-18H,7-8H2,1-6H3. The van der Waals surface area contributed by atoms with Gasteiger partial charge in [0.25, 0.3) is 0 Å². The molecule has 0 fully saturated rings. The Kier molecular flexibility index (Phi) is 6.89. The van der Waals surface area contributed by atoms with E-state index in [1.54, 1.807) is 48.5 Å². The van der Waals surface area contributed by atoms with Crippen LogP contribution >= 0.6 is 0 Å². The summed E-state index contributed by atoms with van der Waals surface area (Å²) in [5.74, 6) is -0.853. The second-order valence-corrected chi connectivity index (χ2v) is 8.44. The molecule has 0 spiro atoms. The number of hydrogen-bond donors (Lipinski definition) is 0. The van der Waals surface area contributed by atoms with Crippen LogP contribution in [-0.2, 0) is 9.47 Å². The fourth-order valence-corrected chi connectivity index (χ4v) is 4.08. The highest BCUT2D eigenvalue weighted by molar-refractivity contribution is 5.90. The molecule has 4 heteroatoms. The number of hydrogen-bond acceptors (Lipinski definition) is 4. The fourth-order valence-electron chi connectivity index (χ4n) is 4.08. The van der Waals surface area contributed by atoms with Gasteiger partial charge in [-0.15, -0.1) is 0 Å². The number of carbonyl (C=O) groups is 2. The lowest BCUT2D eigenvalue weighted by atomic mass is 9.63. The second-order valence-electron chi connectivity index (χ2n) is 8.44. The topological polar surface area (TPSA) is 52.6 Å². The first-order valence-corrected chi connectivity index (χ1v) is 10.2. The van der Waals surface area contributed by atoms with E-state index in [1.807, 2.05) is 46.8 Å². The quantitative estimate of drug-likeness (QED) is 0.509. The van der Waals surface area contributed by atoms with E-state index in [1.165, 1.54) is 0 Å². The number of carbonyl (C=O) groups excluding carboxylic acids is 2. The van der Waals surface area contributed by atoms with Crippen molar-refractivity contribution in [2.75, 3.05) is 0 Å². The van der Waals surface area contributed by atoms with E-state index in [0.29, 0.717) is 17.5 Å². The molecule has 0 bridgehead atoms. The minimum atomic E-state index is -1.06. The maximum Gasteiger partial charge on any atom is 0.338 e. The minimum Gasteiger partial charge on any atom is -0.452 e. The fraction of sp³-hybridized carbons (Fsp3) is 0.440. The first kappa shape index (κ1) is 22.7. The number of benzene rings is 2. The molecule has 0 aromatic heterocycles. The Hall–Kier alpha value is -2.62. The largest absolute Gasteiger partial charge is 0.452 e. The Morgan fingerprint density at radius 3 is 1.48 bits per heavy atom. The Balaban J connectivity index is 2.45. The van der Waals surface area contributed by atoms with Gasteiger partial charge in [-0.2, -0.15) is 0 Å². The summed E-state index contributed by atoms with van der Waals surface area (Å²) in [7, 11) is 0. The van der Waals surface area contributed by atoms with Crippen LogP contribution in [0.5, 0.6) is 0 Å². The van der Waals surface area contributed by atoms with E-state index < -0.39 is 28.6 Å². The van der Waals surface area contributed by atoms with Gasteiger partial charge in [-0.05, 0) is 51.0 Å². The third-order valence-electron chi connectivity index (χ3n) is 6.08. The van der Waals surface area contributed by atoms with Crippen molar-refractivity contribution in [3.63, 3.8) is 0 Å². The number of ether oxygens (including phenoxy) is 2. The van der Waals surface area contributed by atoms with Gasteiger partial charge in [-0.1, -0.05) is 64.1 Å². The third-order valence-corrected chi connectivity index (χ3v) is 6.08. The molecule has 0 aliphatic heterocycles. The van der Waals surface area contributed by atoms with E-state index in [-0.39, 0.29) is 0 Å². The highest BCUT2D eigenvalue weighted by atomic mass is 16.6. The summed E-state index contributed by atoms with van der Waals surface area (Å²) in [4.78, 5) is 25.9. The van der Waals surface area contributed by atoms with E-state index in [2.05, 4.69) is 6.92 Å². The zero-order valence-electron chi connectivity index (χ0n) is 18.3. The summed E-state index contributed by atoms with van der Waals surface area (Å²) in [5, 5.41) is 0. The molecule has 0 saturated heterocycles. The van der Waals surface area contributed by atoms with Crippen molar-refractivity contribution in [2.45, 2.75) is 65.6 Å². The molecule has 0 heterocycles. The average Bonchev–Trinajstić information content (AvgIpc) is 2.72. The monoisotopic (exact) mass is 396 g/mol. The number of rotatable bonds is 8. The smallest absolute Gasteiger partial charge is 0.338 e. The molecule has 2 aromatic rings. The minimum absolute atomic E-state index is 0.419. The molecule has 0 amide bonds. The first-order chi connectivity index (χ1) is 13.6. The van der Waals surface area contributed by atoms with Gasteiger partial charge >= 0.3 is 11.9 Å². The van der Waals surface area contributed by atoms with Gasteiger partial charge in [0.1, 0.15) is 5.60 Å². The molecule has 2 aromatic carbocycles. The van der Waals surface area contributed by atoms with Crippen molar-refractivity contribution in [1.29, 1.82) is 0 Å². The van der Waals surface area contributed by atoms with Gasteiger partial charge in [-0.3, -0.25) is 0 Å². The van der Waals surface area contributed by atoms with Gasteiger partial charge in [0.05, 0.1) is 11.1 Å². The third kappa shape index (κ3) is 4.52. The summed E-state index contributed by atoms with van der Waals surface area (Å²) >= 11 is 0. The molecular formula is C25H32O4. The van der Waals surface area contributed by atoms with Crippen LogP contribution in [-0.4, -0.2) is 23.1 Å². The van der Waals surface area contributed by atoms with Crippen LogP contribution in [0.4, 0.5) is 0 Å². The van der Waals surface area contributed by atoms with E-state index >= 15 is 0 Å². The van der Waals surface area contributed by atoms with Crippen molar-refractivity contribution >= 4 is 11.9 Å². The molecule has 0 aliphatic rings.